The standard InChI is InChI=1S/C12H9BrN4O/c13-9-3-1-2-4-10(9)16-12(18)8-17-6-5-15-11(17)7-14/h1-6H,8H2,(H,16,18). The van der Waals surface area contributed by atoms with Crippen molar-refractivity contribution in [1.29, 1.82) is 5.26 Å². The normalized spacial score (nSPS) is 9.78. The third kappa shape index (κ3) is 2.76. The Bertz CT molecular complexity index is 609. The number of aromatic nitrogens is 2. The van der Waals surface area contributed by atoms with Crippen LogP contribution in [-0.4, -0.2) is 15.5 Å². The minimum Gasteiger partial charge on any atom is -0.324 e. The Balaban J connectivity index is 2.06. The Hall–Kier alpha value is -2.13. The summed E-state index contributed by atoms with van der Waals surface area (Å²) in [6, 6.07) is 9.25. The van der Waals surface area contributed by atoms with Crippen LogP contribution in [0.2, 0.25) is 0 Å². The SMILES string of the molecule is N#Cc1nccn1CC(=O)Nc1ccccc1Br. The molecule has 90 valence electrons. The molecule has 1 amide bonds. The molecule has 0 unspecified atom stereocenters. The summed E-state index contributed by atoms with van der Waals surface area (Å²) in [4.78, 5) is 15.6. The van der Waals surface area contributed by atoms with Crippen LogP contribution in [-0.2, 0) is 11.3 Å². The molecule has 1 aromatic carbocycles. The summed E-state index contributed by atoms with van der Waals surface area (Å²) in [7, 11) is 0. The van der Waals surface area contributed by atoms with Gasteiger partial charge < -0.3 is 9.88 Å². The maximum atomic E-state index is 11.8. The second kappa shape index (κ2) is 5.47. The third-order valence-corrected chi connectivity index (χ3v) is 2.97. The van der Waals surface area contributed by atoms with E-state index in [2.05, 4.69) is 26.2 Å². The number of nitriles is 1. The van der Waals surface area contributed by atoms with Gasteiger partial charge in [0.1, 0.15) is 12.6 Å². The van der Waals surface area contributed by atoms with Gasteiger partial charge in [-0.2, -0.15) is 5.26 Å². The summed E-state index contributed by atoms with van der Waals surface area (Å²) in [6.45, 7) is 0.0597. The van der Waals surface area contributed by atoms with Crippen LogP contribution in [0.3, 0.4) is 0 Å². The molecule has 0 saturated carbocycles. The van der Waals surface area contributed by atoms with Crippen molar-refractivity contribution in [2.75, 3.05) is 5.32 Å². The quantitative estimate of drug-likeness (QED) is 0.944. The Kier molecular flexibility index (Phi) is 3.75. The highest BCUT2D eigenvalue weighted by atomic mass is 79.9. The van der Waals surface area contributed by atoms with Gasteiger partial charge >= 0.3 is 0 Å². The molecule has 0 spiro atoms. The van der Waals surface area contributed by atoms with E-state index in [1.807, 2.05) is 24.3 Å². The van der Waals surface area contributed by atoms with Gasteiger partial charge in [-0.15, -0.1) is 0 Å². The maximum absolute atomic E-state index is 11.8. The smallest absolute Gasteiger partial charge is 0.244 e. The van der Waals surface area contributed by atoms with E-state index in [9.17, 15) is 4.79 Å². The highest BCUT2D eigenvalue weighted by Crippen LogP contribution is 2.21. The molecule has 2 aromatic rings. The zero-order valence-corrected chi connectivity index (χ0v) is 10.9. The highest BCUT2D eigenvalue weighted by Gasteiger charge is 2.08. The average Bonchev–Trinajstić information content (AvgIpc) is 2.79. The Morgan fingerprint density at radius 1 is 1.50 bits per heavy atom. The number of hydrogen-bond donors (Lipinski definition) is 1. The second-order valence-electron chi connectivity index (χ2n) is 3.52. The fraction of sp³-hybridized carbons (Fsp3) is 0.0833. The van der Waals surface area contributed by atoms with Gasteiger partial charge in [-0.05, 0) is 28.1 Å². The molecule has 1 heterocycles. The number of rotatable bonds is 3. The summed E-state index contributed by atoms with van der Waals surface area (Å²) in [6.07, 6.45) is 3.09. The number of anilines is 1. The molecule has 1 N–H and O–H groups in total. The Morgan fingerprint density at radius 2 is 2.28 bits per heavy atom. The van der Waals surface area contributed by atoms with Crippen molar-refractivity contribution in [3.63, 3.8) is 0 Å². The number of halogens is 1. The van der Waals surface area contributed by atoms with Crippen molar-refractivity contribution in [3.05, 3.63) is 47.0 Å². The number of imidazole rings is 1. The molecule has 1 aromatic heterocycles. The van der Waals surface area contributed by atoms with Gasteiger partial charge in [0.2, 0.25) is 11.7 Å². The van der Waals surface area contributed by atoms with Crippen LogP contribution in [0.25, 0.3) is 0 Å². The number of nitrogens with zero attached hydrogens (tertiary/aromatic N) is 3. The van der Waals surface area contributed by atoms with Gasteiger partial charge in [-0.3, -0.25) is 4.79 Å². The van der Waals surface area contributed by atoms with E-state index in [4.69, 9.17) is 5.26 Å². The molecule has 0 aliphatic rings. The summed E-state index contributed by atoms with van der Waals surface area (Å²) in [5.41, 5.74) is 0.695. The van der Waals surface area contributed by atoms with E-state index < -0.39 is 0 Å². The van der Waals surface area contributed by atoms with Crippen LogP contribution in [0.4, 0.5) is 5.69 Å². The maximum Gasteiger partial charge on any atom is 0.244 e. The van der Waals surface area contributed by atoms with Crippen molar-refractivity contribution in [2.45, 2.75) is 6.54 Å². The fourth-order valence-electron chi connectivity index (χ4n) is 1.46. The number of nitrogens with one attached hydrogen (secondary N) is 1. The molecule has 0 radical (unpaired) electrons. The molecule has 0 fully saturated rings. The van der Waals surface area contributed by atoms with Gasteiger partial charge in [-0.1, -0.05) is 12.1 Å². The molecule has 0 bridgehead atoms. The second-order valence-corrected chi connectivity index (χ2v) is 4.37. The zero-order valence-electron chi connectivity index (χ0n) is 9.30. The predicted molar refractivity (Wildman–Crippen MR) is 69.7 cm³/mol. The lowest BCUT2D eigenvalue weighted by atomic mass is 10.3. The summed E-state index contributed by atoms with van der Waals surface area (Å²) in [5.74, 6) is 0.00803. The lowest BCUT2D eigenvalue weighted by molar-refractivity contribution is -0.116. The minimum absolute atomic E-state index is 0.0597. The summed E-state index contributed by atoms with van der Waals surface area (Å²) >= 11 is 3.34. The van der Waals surface area contributed by atoms with Crippen LogP contribution >= 0.6 is 15.9 Å². The zero-order chi connectivity index (χ0) is 13.0. The van der Waals surface area contributed by atoms with Crippen molar-refractivity contribution in [2.24, 2.45) is 0 Å². The third-order valence-electron chi connectivity index (χ3n) is 2.28. The molecule has 0 saturated heterocycles. The number of amides is 1. The molecule has 0 atom stereocenters. The van der Waals surface area contributed by atoms with Crippen LogP contribution < -0.4 is 5.32 Å². The van der Waals surface area contributed by atoms with E-state index in [1.54, 1.807) is 12.3 Å². The molecular weight excluding hydrogens is 296 g/mol. The first-order valence-corrected chi connectivity index (χ1v) is 5.95. The average molecular weight is 305 g/mol. The monoisotopic (exact) mass is 304 g/mol. The van der Waals surface area contributed by atoms with Gasteiger partial charge in [0.25, 0.3) is 0 Å². The molecule has 6 heteroatoms. The molecule has 0 aliphatic carbocycles. The van der Waals surface area contributed by atoms with E-state index in [0.717, 1.165) is 4.47 Å². The van der Waals surface area contributed by atoms with Crippen LogP contribution in [0, 0.1) is 11.3 Å². The molecule has 0 aliphatic heterocycles. The number of benzene rings is 1. The Morgan fingerprint density at radius 3 is 3.00 bits per heavy atom. The molecule has 2 rings (SSSR count). The van der Waals surface area contributed by atoms with Crippen molar-refractivity contribution in [3.8, 4) is 6.07 Å². The van der Waals surface area contributed by atoms with E-state index in [0.29, 0.717) is 5.69 Å². The number of carbonyl (C=O) groups excluding carboxylic acids is 1. The van der Waals surface area contributed by atoms with Crippen molar-refractivity contribution in [1.82, 2.24) is 9.55 Å². The first-order valence-electron chi connectivity index (χ1n) is 5.16. The van der Waals surface area contributed by atoms with Gasteiger partial charge in [0.15, 0.2) is 0 Å². The van der Waals surface area contributed by atoms with Gasteiger partial charge in [0.05, 0.1) is 5.69 Å². The van der Waals surface area contributed by atoms with Crippen LogP contribution in [0.5, 0.6) is 0 Å². The highest BCUT2D eigenvalue weighted by molar-refractivity contribution is 9.10. The van der Waals surface area contributed by atoms with E-state index >= 15 is 0 Å². The molecule has 5 nitrogen and oxygen atoms in total. The molecule has 18 heavy (non-hydrogen) atoms. The fourth-order valence-corrected chi connectivity index (χ4v) is 1.84. The predicted octanol–water partition coefficient (Wildman–Crippen LogP) is 2.16. The lowest BCUT2D eigenvalue weighted by Crippen LogP contribution is -2.19. The summed E-state index contributed by atoms with van der Waals surface area (Å²) in [5, 5.41) is 11.5. The lowest BCUT2D eigenvalue weighted by Gasteiger charge is -2.07. The van der Waals surface area contributed by atoms with Crippen molar-refractivity contribution >= 4 is 27.5 Å². The Labute approximate surface area is 112 Å². The first kappa shape index (κ1) is 12.3. The number of carbonyl (C=O) groups is 1. The van der Waals surface area contributed by atoms with Crippen LogP contribution in [0.1, 0.15) is 5.82 Å². The van der Waals surface area contributed by atoms with E-state index in [-0.39, 0.29) is 18.3 Å². The number of para-hydroxylation sites is 1. The topological polar surface area (TPSA) is 70.7 Å². The van der Waals surface area contributed by atoms with Crippen molar-refractivity contribution < 1.29 is 4.79 Å². The first-order chi connectivity index (χ1) is 8.70. The van der Waals surface area contributed by atoms with Gasteiger partial charge in [0, 0.05) is 16.9 Å². The molecular formula is C12H9BrN4O. The largest absolute Gasteiger partial charge is 0.324 e. The van der Waals surface area contributed by atoms with Crippen LogP contribution in [0.15, 0.2) is 41.1 Å². The minimum atomic E-state index is -0.212. The van der Waals surface area contributed by atoms with E-state index in [1.165, 1.54) is 10.8 Å². The number of hydrogen-bond acceptors (Lipinski definition) is 3. The van der Waals surface area contributed by atoms with Gasteiger partial charge in [-0.25, -0.2) is 4.98 Å². The summed E-state index contributed by atoms with van der Waals surface area (Å²) < 4.78 is 2.30.